The van der Waals surface area contributed by atoms with Gasteiger partial charge in [-0.25, -0.2) is 0 Å². The predicted molar refractivity (Wildman–Crippen MR) is 77.3 cm³/mol. The third-order valence-electron chi connectivity index (χ3n) is 4.11. The summed E-state index contributed by atoms with van der Waals surface area (Å²) >= 11 is 0. The van der Waals surface area contributed by atoms with Gasteiger partial charge in [0.2, 0.25) is 0 Å². The number of benzene rings is 1. The molecular formula is C16H18N2O2. The number of likely N-dealkylation sites (N-methyl/N-ethyl adjacent to an activating group) is 1. The average Bonchev–Trinajstić information content (AvgIpc) is 2.76. The third-order valence-corrected chi connectivity index (χ3v) is 4.11. The fourth-order valence-electron chi connectivity index (χ4n) is 3.01. The van der Waals surface area contributed by atoms with E-state index in [0.29, 0.717) is 5.57 Å². The minimum absolute atomic E-state index is 0.0209. The molecule has 1 saturated heterocycles. The molecule has 4 heteroatoms. The number of anilines is 1. The number of carbonyl (C=O) groups excluding carboxylic acids is 2. The van der Waals surface area contributed by atoms with Crippen molar-refractivity contribution in [1.82, 2.24) is 4.90 Å². The molecule has 3 rings (SSSR count). The van der Waals surface area contributed by atoms with E-state index >= 15 is 0 Å². The average molecular weight is 270 g/mol. The van der Waals surface area contributed by atoms with E-state index in [1.165, 1.54) is 11.0 Å². The lowest BCUT2D eigenvalue weighted by Gasteiger charge is -2.38. The molecule has 2 aliphatic heterocycles. The molecule has 1 fully saturated rings. The monoisotopic (exact) mass is 270 g/mol. The van der Waals surface area contributed by atoms with Crippen LogP contribution in [0.3, 0.4) is 0 Å². The Hall–Kier alpha value is -2.10. The molecule has 0 spiro atoms. The Morgan fingerprint density at radius 2 is 1.85 bits per heavy atom. The lowest BCUT2D eigenvalue weighted by molar-refractivity contribution is -0.135. The van der Waals surface area contributed by atoms with Crippen molar-refractivity contribution in [3.8, 4) is 0 Å². The second-order valence-corrected chi connectivity index (χ2v) is 5.34. The SMILES string of the molecule is CN1C(=O)C=C(C2CCCCN2c2ccccc2)C1=O. The largest absolute Gasteiger partial charge is 0.364 e. The number of nitrogens with zero attached hydrogens (tertiary/aromatic N) is 2. The van der Waals surface area contributed by atoms with Crippen LogP contribution in [-0.4, -0.2) is 36.3 Å². The van der Waals surface area contributed by atoms with Crippen molar-refractivity contribution in [2.45, 2.75) is 25.3 Å². The summed E-state index contributed by atoms with van der Waals surface area (Å²) in [7, 11) is 1.55. The van der Waals surface area contributed by atoms with Gasteiger partial charge in [0.15, 0.2) is 0 Å². The van der Waals surface area contributed by atoms with E-state index in [4.69, 9.17) is 0 Å². The van der Waals surface area contributed by atoms with Crippen LogP contribution >= 0.6 is 0 Å². The first-order valence-electron chi connectivity index (χ1n) is 7.04. The predicted octanol–water partition coefficient (Wildman–Crippen LogP) is 1.97. The molecule has 2 aliphatic rings. The van der Waals surface area contributed by atoms with Crippen molar-refractivity contribution in [2.24, 2.45) is 0 Å². The second kappa shape index (κ2) is 5.12. The lowest BCUT2D eigenvalue weighted by atomic mass is 9.94. The molecule has 0 aromatic heterocycles. The van der Waals surface area contributed by atoms with Gasteiger partial charge in [0.25, 0.3) is 11.8 Å². The van der Waals surface area contributed by atoms with Crippen molar-refractivity contribution in [3.05, 3.63) is 42.0 Å². The summed E-state index contributed by atoms with van der Waals surface area (Å²) in [5, 5.41) is 0. The Balaban J connectivity index is 1.93. The molecule has 1 unspecified atom stereocenters. The number of carbonyl (C=O) groups is 2. The molecule has 1 atom stereocenters. The number of hydrogen-bond acceptors (Lipinski definition) is 3. The maximum atomic E-state index is 12.2. The summed E-state index contributed by atoms with van der Waals surface area (Å²) in [6.45, 7) is 0.928. The number of rotatable bonds is 2. The second-order valence-electron chi connectivity index (χ2n) is 5.34. The standard InChI is InChI=1S/C16H18N2O2/c1-17-15(19)11-13(16(17)20)14-9-5-6-10-18(14)12-7-3-2-4-8-12/h2-4,7-8,11,14H,5-6,9-10H2,1H3. The summed E-state index contributed by atoms with van der Waals surface area (Å²) in [5.41, 5.74) is 1.76. The first kappa shape index (κ1) is 12.9. The molecule has 4 nitrogen and oxygen atoms in total. The number of imide groups is 1. The van der Waals surface area contributed by atoms with Crippen molar-refractivity contribution >= 4 is 17.5 Å². The van der Waals surface area contributed by atoms with Gasteiger partial charge in [0.05, 0.1) is 6.04 Å². The summed E-state index contributed by atoms with van der Waals surface area (Å²) < 4.78 is 0. The Kier molecular flexibility index (Phi) is 3.30. The first-order valence-corrected chi connectivity index (χ1v) is 7.04. The van der Waals surface area contributed by atoms with Gasteiger partial charge in [-0.05, 0) is 31.4 Å². The first-order chi connectivity index (χ1) is 9.68. The van der Waals surface area contributed by atoms with Crippen LogP contribution in [0.15, 0.2) is 42.0 Å². The molecule has 20 heavy (non-hydrogen) atoms. The molecule has 0 bridgehead atoms. The van der Waals surface area contributed by atoms with E-state index in [2.05, 4.69) is 17.0 Å². The summed E-state index contributed by atoms with van der Waals surface area (Å²) in [6.07, 6.45) is 4.65. The van der Waals surface area contributed by atoms with Gasteiger partial charge in [-0.1, -0.05) is 18.2 Å². The lowest BCUT2D eigenvalue weighted by Crippen LogP contribution is -2.43. The van der Waals surface area contributed by atoms with E-state index < -0.39 is 0 Å². The third kappa shape index (κ3) is 2.11. The van der Waals surface area contributed by atoms with Gasteiger partial charge in [-0.3, -0.25) is 14.5 Å². The van der Waals surface area contributed by atoms with Gasteiger partial charge >= 0.3 is 0 Å². The number of piperidine rings is 1. The van der Waals surface area contributed by atoms with Crippen LogP contribution in [0.1, 0.15) is 19.3 Å². The van der Waals surface area contributed by atoms with Crippen LogP contribution in [0.2, 0.25) is 0 Å². The number of para-hydroxylation sites is 1. The van der Waals surface area contributed by atoms with Crippen LogP contribution in [0, 0.1) is 0 Å². The van der Waals surface area contributed by atoms with Crippen LogP contribution in [0.4, 0.5) is 5.69 Å². The van der Waals surface area contributed by atoms with Crippen molar-refractivity contribution in [1.29, 1.82) is 0 Å². The van der Waals surface area contributed by atoms with Crippen molar-refractivity contribution < 1.29 is 9.59 Å². The van der Waals surface area contributed by atoms with Crippen LogP contribution in [0.25, 0.3) is 0 Å². The van der Waals surface area contributed by atoms with Gasteiger partial charge in [-0.2, -0.15) is 0 Å². The number of amides is 2. The van der Waals surface area contributed by atoms with Gasteiger partial charge < -0.3 is 4.90 Å². The Morgan fingerprint density at radius 1 is 1.10 bits per heavy atom. The van der Waals surface area contributed by atoms with E-state index in [1.54, 1.807) is 7.05 Å². The van der Waals surface area contributed by atoms with E-state index in [9.17, 15) is 9.59 Å². The van der Waals surface area contributed by atoms with Gasteiger partial charge in [0.1, 0.15) is 0 Å². The molecule has 0 N–H and O–H groups in total. The minimum Gasteiger partial charge on any atom is -0.364 e. The summed E-state index contributed by atoms with van der Waals surface area (Å²) in [6, 6.07) is 10.1. The molecule has 104 valence electrons. The zero-order chi connectivity index (χ0) is 14.1. The highest BCUT2D eigenvalue weighted by atomic mass is 16.2. The van der Waals surface area contributed by atoms with Crippen LogP contribution < -0.4 is 4.90 Å². The Morgan fingerprint density at radius 3 is 2.50 bits per heavy atom. The normalized spacial score (nSPS) is 23.2. The highest BCUT2D eigenvalue weighted by Gasteiger charge is 2.36. The fourth-order valence-corrected chi connectivity index (χ4v) is 3.01. The van der Waals surface area contributed by atoms with Crippen LogP contribution in [0.5, 0.6) is 0 Å². The van der Waals surface area contributed by atoms with E-state index in [-0.39, 0.29) is 17.9 Å². The Labute approximate surface area is 118 Å². The quantitative estimate of drug-likeness (QED) is 0.771. The summed E-state index contributed by atoms with van der Waals surface area (Å²) in [5.74, 6) is -0.355. The van der Waals surface area contributed by atoms with Gasteiger partial charge in [-0.15, -0.1) is 0 Å². The number of hydrogen-bond donors (Lipinski definition) is 0. The maximum Gasteiger partial charge on any atom is 0.258 e. The van der Waals surface area contributed by atoms with E-state index in [1.807, 2.05) is 18.2 Å². The molecule has 2 amide bonds. The highest BCUT2D eigenvalue weighted by molar-refractivity contribution is 6.16. The molecule has 0 radical (unpaired) electrons. The molecule has 1 aromatic rings. The van der Waals surface area contributed by atoms with Crippen molar-refractivity contribution in [3.63, 3.8) is 0 Å². The zero-order valence-electron chi connectivity index (χ0n) is 11.6. The molecule has 2 heterocycles. The summed E-state index contributed by atoms with van der Waals surface area (Å²) in [4.78, 5) is 27.3. The van der Waals surface area contributed by atoms with Gasteiger partial charge in [0, 0.05) is 30.9 Å². The van der Waals surface area contributed by atoms with Crippen molar-refractivity contribution in [2.75, 3.05) is 18.5 Å². The molecule has 1 aromatic carbocycles. The zero-order valence-corrected chi connectivity index (χ0v) is 11.6. The van der Waals surface area contributed by atoms with Crippen LogP contribution in [-0.2, 0) is 9.59 Å². The maximum absolute atomic E-state index is 12.2. The molecular weight excluding hydrogens is 252 g/mol. The minimum atomic E-state index is -0.205. The fraction of sp³-hybridized carbons (Fsp3) is 0.375. The highest BCUT2D eigenvalue weighted by Crippen LogP contribution is 2.31. The topological polar surface area (TPSA) is 40.6 Å². The van der Waals surface area contributed by atoms with E-state index in [0.717, 1.165) is 31.5 Å². The Bertz CT molecular complexity index is 565. The molecule has 0 aliphatic carbocycles. The molecule has 0 saturated carbocycles. The smallest absolute Gasteiger partial charge is 0.258 e.